The number of nitrogens with zero attached hydrogens (tertiary/aromatic N) is 2. The SMILES string of the molecule is CCCCC(CC)CNc1nnc(C(C)NC)o1. The monoisotopic (exact) mass is 254 g/mol. The topological polar surface area (TPSA) is 63.0 Å². The summed E-state index contributed by atoms with van der Waals surface area (Å²) in [4.78, 5) is 0. The average Bonchev–Trinajstić information content (AvgIpc) is 2.87. The molecule has 0 aromatic carbocycles. The molecule has 104 valence electrons. The fourth-order valence-electron chi connectivity index (χ4n) is 1.78. The zero-order chi connectivity index (χ0) is 13.4. The lowest BCUT2D eigenvalue weighted by atomic mass is 10.00. The van der Waals surface area contributed by atoms with E-state index >= 15 is 0 Å². The van der Waals surface area contributed by atoms with Crippen LogP contribution in [0.5, 0.6) is 0 Å². The summed E-state index contributed by atoms with van der Waals surface area (Å²) in [5, 5.41) is 14.3. The highest BCUT2D eigenvalue weighted by Gasteiger charge is 2.12. The Bertz CT molecular complexity index is 327. The van der Waals surface area contributed by atoms with Crippen molar-refractivity contribution in [3.05, 3.63) is 5.89 Å². The minimum Gasteiger partial charge on any atom is -0.406 e. The van der Waals surface area contributed by atoms with E-state index in [1.54, 1.807) is 0 Å². The van der Waals surface area contributed by atoms with E-state index in [-0.39, 0.29) is 6.04 Å². The maximum absolute atomic E-state index is 5.54. The number of unbranched alkanes of at least 4 members (excludes halogenated alkanes) is 1. The predicted molar refractivity (Wildman–Crippen MR) is 73.6 cm³/mol. The molecule has 5 nitrogen and oxygen atoms in total. The van der Waals surface area contributed by atoms with Gasteiger partial charge in [-0.3, -0.25) is 0 Å². The molecular formula is C13H26N4O. The molecule has 0 radical (unpaired) electrons. The summed E-state index contributed by atoms with van der Waals surface area (Å²) < 4.78 is 5.54. The van der Waals surface area contributed by atoms with Gasteiger partial charge in [-0.1, -0.05) is 38.2 Å². The highest BCUT2D eigenvalue weighted by atomic mass is 16.4. The second-order valence-corrected chi connectivity index (χ2v) is 4.75. The number of hydrogen-bond donors (Lipinski definition) is 2. The number of anilines is 1. The molecule has 1 aromatic heterocycles. The lowest BCUT2D eigenvalue weighted by Crippen LogP contribution is -2.14. The molecule has 18 heavy (non-hydrogen) atoms. The lowest BCUT2D eigenvalue weighted by Gasteiger charge is -2.13. The Balaban J connectivity index is 2.39. The number of aromatic nitrogens is 2. The zero-order valence-electron chi connectivity index (χ0n) is 12.0. The van der Waals surface area contributed by atoms with Crippen molar-refractivity contribution in [2.75, 3.05) is 18.9 Å². The van der Waals surface area contributed by atoms with Gasteiger partial charge in [0.1, 0.15) is 0 Å². The molecule has 0 aliphatic carbocycles. The van der Waals surface area contributed by atoms with Gasteiger partial charge in [0.05, 0.1) is 6.04 Å². The molecule has 0 saturated heterocycles. The van der Waals surface area contributed by atoms with Crippen LogP contribution in [0.3, 0.4) is 0 Å². The van der Waals surface area contributed by atoms with Gasteiger partial charge in [0.25, 0.3) is 0 Å². The Kier molecular flexibility index (Phi) is 6.72. The second kappa shape index (κ2) is 8.08. The van der Waals surface area contributed by atoms with E-state index < -0.39 is 0 Å². The summed E-state index contributed by atoms with van der Waals surface area (Å²) in [6.07, 6.45) is 4.97. The molecule has 1 rings (SSSR count). The quantitative estimate of drug-likeness (QED) is 0.709. The molecule has 2 unspecified atom stereocenters. The molecule has 2 atom stereocenters. The largest absolute Gasteiger partial charge is 0.406 e. The van der Waals surface area contributed by atoms with Crippen LogP contribution in [0.15, 0.2) is 4.42 Å². The summed E-state index contributed by atoms with van der Waals surface area (Å²) in [5.74, 6) is 1.31. The van der Waals surface area contributed by atoms with Gasteiger partial charge in [0.2, 0.25) is 5.89 Å². The van der Waals surface area contributed by atoms with Crippen molar-refractivity contribution in [1.29, 1.82) is 0 Å². The molecule has 0 aliphatic heterocycles. The third-order valence-electron chi connectivity index (χ3n) is 3.33. The molecule has 0 amide bonds. The highest BCUT2D eigenvalue weighted by molar-refractivity contribution is 5.17. The van der Waals surface area contributed by atoms with E-state index in [4.69, 9.17) is 4.42 Å². The normalized spacial score (nSPS) is 14.4. The van der Waals surface area contributed by atoms with E-state index in [9.17, 15) is 0 Å². The first kappa shape index (κ1) is 15.0. The van der Waals surface area contributed by atoms with Crippen LogP contribution in [0.2, 0.25) is 0 Å². The summed E-state index contributed by atoms with van der Waals surface area (Å²) in [6, 6.07) is 0.622. The van der Waals surface area contributed by atoms with Gasteiger partial charge in [-0.25, -0.2) is 0 Å². The van der Waals surface area contributed by atoms with Crippen LogP contribution >= 0.6 is 0 Å². The molecular weight excluding hydrogens is 228 g/mol. The first-order valence-electron chi connectivity index (χ1n) is 6.95. The smallest absolute Gasteiger partial charge is 0.315 e. The molecule has 2 N–H and O–H groups in total. The van der Waals surface area contributed by atoms with Crippen LogP contribution in [0, 0.1) is 5.92 Å². The standard InChI is InChI=1S/C13H26N4O/c1-5-7-8-11(6-2)9-15-13-17-16-12(18-13)10(3)14-4/h10-11,14H,5-9H2,1-4H3,(H,15,17). The minimum atomic E-state index is 0.0927. The lowest BCUT2D eigenvalue weighted by molar-refractivity contribution is 0.431. The van der Waals surface area contributed by atoms with Crippen molar-refractivity contribution in [3.63, 3.8) is 0 Å². The fourth-order valence-corrected chi connectivity index (χ4v) is 1.78. The van der Waals surface area contributed by atoms with Gasteiger partial charge in [-0.05, 0) is 26.3 Å². The maximum atomic E-state index is 5.54. The summed E-state index contributed by atoms with van der Waals surface area (Å²) in [7, 11) is 1.87. The number of rotatable bonds is 9. The Morgan fingerprint density at radius 3 is 2.67 bits per heavy atom. The van der Waals surface area contributed by atoms with Crippen molar-refractivity contribution >= 4 is 6.01 Å². The number of nitrogens with one attached hydrogen (secondary N) is 2. The van der Waals surface area contributed by atoms with Crippen LogP contribution in [-0.4, -0.2) is 23.8 Å². The van der Waals surface area contributed by atoms with Gasteiger partial charge < -0.3 is 15.1 Å². The van der Waals surface area contributed by atoms with Gasteiger partial charge in [0, 0.05) is 6.54 Å². The van der Waals surface area contributed by atoms with Gasteiger partial charge in [-0.15, -0.1) is 5.10 Å². The molecule has 0 fully saturated rings. The van der Waals surface area contributed by atoms with E-state index in [1.807, 2.05) is 14.0 Å². The first-order valence-corrected chi connectivity index (χ1v) is 6.95. The van der Waals surface area contributed by atoms with Crippen molar-refractivity contribution in [2.24, 2.45) is 5.92 Å². The molecule has 1 aromatic rings. The highest BCUT2D eigenvalue weighted by Crippen LogP contribution is 2.16. The van der Waals surface area contributed by atoms with Crippen LogP contribution in [0.1, 0.15) is 58.4 Å². The van der Waals surface area contributed by atoms with E-state index in [2.05, 4.69) is 34.7 Å². The van der Waals surface area contributed by atoms with Gasteiger partial charge in [0.15, 0.2) is 0 Å². The second-order valence-electron chi connectivity index (χ2n) is 4.75. The summed E-state index contributed by atoms with van der Waals surface area (Å²) in [5.41, 5.74) is 0. The zero-order valence-corrected chi connectivity index (χ0v) is 12.0. The molecule has 0 bridgehead atoms. The van der Waals surface area contributed by atoms with Crippen molar-refractivity contribution in [3.8, 4) is 0 Å². The third kappa shape index (κ3) is 4.64. The third-order valence-corrected chi connectivity index (χ3v) is 3.33. The van der Waals surface area contributed by atoms with Gasteiger partial charge in [-0.2, -0.15) is 0 Å². The molecule has 0 spiro atoms. The first-order chi connectivity index (χ1) is 8.71. The maximum Gasteiger partial charge on any atom is 0.315 e. The van der Waals surface area contributed by atoms with Crippen LogP contribution < -0.4 is 10.6 Å². The molecule has 0 aliphatic rings. The van der Waals surface area contributed by atoms with Crippen molar-refractivity contribution in [1.82, 2.24) is 15.5 Å². The van der Waals surface area contributed by atoms with Gasteiger partial charge >= 0.3 is 6.01 Å². The minimum absolute atomic E-state index is 0.0927. The predicted octanol–water partition coefficient (Wildman–Crippen LogP) is 2.98. The Morgan fingerprint density at radius 2 is 2.06 bits per heavy atom. The van der Waals surface area contributed by atoms with Crippen LogP contribution in [0.25, 0.3) is 0 Å². The Hall–Kier alpha value is -1.10. The van der Waals surface area contributed by atoms with Crippen LogP contribution in [0.4, 0.5) is 6.01 Å². The molecule has 1 heterocycles. The fraction of sp³-hybridized carbons (Fsp3) is 0.846. The Labute approximate surface area is 110 Å². The van der Waals surface area contributed by atoms with E-state index in [0.29, 0.717) is 17.8 Å². The van der Waals surface area contributed by atoms with Crippen molar-refractivity contribution in [2.45, 2.75) is 52.5 Å². The average molecular weight is 254 g/mol. The molecule has 0 saturated carbocycles. The Morgan fingerprint density at radius 1 is 1.28 bits per heavy atom. The number of hydrogen-bond acceptors (Lipinski definition) is 5. The van der Waals surface area contributed by atoms with E-state index in [1.165, 1.54) is 25.7 Å². The summed E-state index contributed by atoms with van der Waals surface area (Å²) >= 11 is 0. The van der Waals surface area contributed by atoms with Crippen LogP contribution in [-0.2, 0) is 0 Å². The molecule has 5 heteroatoms. The van der Waals surface area contributed by atoms with E-state index in [0.717, 1.165) is 6.54 Å². The summed E-state index contributed by atoms with van der Waals surface area (Å²) in [6.45, 7) is 7.35. The van der Waals surface area contributed by atoms with Crippen molar-refractivity contribution < 1.29 is 4.42 Å².